The summed E-state index contributed by atoms with van der Waals surface area (Å²) in [6, 6.07) is 0. The number of hydrogen-bond acceptors (Lipinski definition) is 6. The molecule has 1 N–H and O–H groups in total. The van der Waals surface area contributed by atoms with Crippen molar-refractivity contribution < 1.29 is 4.79 Å². The van der Waals surface area contributed by atoms with Gasteiger partial charge < -0.3 is 5.32 Å². The monoisotopic (exact) mass is 421 g/mol. The smallest absolute Gasteiger partial charge is 0.332 e. The maximum absolute atomic E-state index is 12.8. The van der Waals surface area contributed by atoms with Crippen LogP contribution in [-0.4, -0.2) is 37.3 Å². The molecule has 0 atom stereocenters. The number of rotatable bonds is 8. The van der Waals surface area contributed by atoms with Crippen molar-refractivity contribution in [2.75, 3.05) is 12.3 Å². The van der Waals surface area contributed by atoms with E-state index in [9.17, 15) is 14.4 Å². The number of nitrogens with zero attached hydrogens (tertiary/aromatic N) is 4. The van der Waals surface area contributed by atoms with E-state index in [0.717, 1.165) is 30.3 Å². The Morgan fingerprint density at radius 2 is 1.76 bits per heavy atom. The number of unbranched alkanes of at least 4 members (excludes halogenated alkanes) is 3. The lowest BCUT2D eigenvalue weighted by Gasteiger charge is -2.19. The fourth-order valence-corrected chi connectivity index (χ4v) is 3.68. The fraction of sp³-hybridized carbons (Fsp3) is 0.650. The second-order valence-corrected chi connectivity index (χ2v) is 9.17. The molecule has 2 aromatic rings. The molecular formula is C20H31N5O3S. The van der Waals surface area contributed by atoms with Crippen molar-refractivity contribution in [2.45, 2.75) is 63.8 Å². The van der Waals surface area contributed by atoms with Gasteiger partial charge in [-0.15, -0.1) is 0 Å². The SMILES string of the molecule is CCCCCCNC(=O)CSc1nc(C(C)(C)C)nc2c1c(=O)n(C)c(=O)n2C. The van der Waals surface area contributed by atoms with Crippen LogP contribution in [-0.2, 0) is 24.3 Å². The quantitative estimate of drug-likeness (QED) is 0.398. The molecule has 0 aromatic carbocycles. The highest BCUT2D eigenvalue weighted by Gasteiger charge is 2.23. The lowest BCUT2D eigenvalue weighted by Crippen LogP contribution is -2.38. The van der Waals surface area contributed by atoms with E-state index < -0.39 is 11.2 Å². The minimum atomic E-state index is -0.453. The van der Waals surface area contributed by atoms with Gasteiger partial charge in [0.15, 0.2) is 5.65 Å². The average Bonchev–Trinajstić information content (AvgIpc) is 2.67. The predicted molar refractivity (Wildman–Crippen MR) is 117 cm³/mol. The summed E-state index contributed by atoms with van der Waals surface area (Å²) in [4.78, 5) is 46.4. The van der Waals surface area contributed by atoms with Crippen LogP contribution in [0.4, 0.5) is 0 Å². The molecule has 0 radical (unpaired) electrons. The van der Waals surface area contributed by atoms with E-state index in [0.29, 0.717) is 23.0 Å². The number of amides is 1. The number of fused-ring (bicyclic) bond motifs is 1. The summed E-state index contributed by atoms with van der Waals surface area (Å²) < 4.78 is 2.39. The number of carbonyl (C=O) groups is 1. The van der Waals surface area contributed by atoms with Crippen LogP contribution in [0.2, 0.25) is 0 Å². The van der Waals surface area contributed by atoms with Gasteiger partial charge in [-0.1, -0.05) is 58.7 Å². The van der Waals surface area contributed by atoms with E-state index in [2.05, 4.69) is 22.2 Å². The Bertz CT molecular complexity index is 1000. The van der Waals surface area contributed by atoms with Gasteiger partial charge in [-0.25, -0.2) is 14.8 Å². The van der Waals surface area contributed by atoms with Gasteiger partial charge in [0.1, 0.15) is 16.2 Å². The molecule has 29 heavy (non-hydrogen) atoms. The summed E-state index contributed by atoms with van der Waals surface area (Å²) in [5.41, 5.74) is -0.976. The number of aryl methyl sites for hydroxylation is 1. The number of hydrogen-bond donors (Lipinski definition) is 1. The van der Waals surface area contributed by atoms with Gasteiger partial charge in [0.25, 0.3) is 5.56 Å². The number of carbonyl (C=O) groups excluding carboxylic acids is 1. The van der Waals surface area contributed by atoms with Crippen LogP contribution in [0.25, 0.3) is 11.0 Å². The minimum Gasteiger partial charge on any atom is -0.355 e. The third-order valence-corrected chi connectivity index (χ3v) is 5.61. The summed E-state index contributed by atoms with van der Waals surface area (Å²) in [7, 11) is 3.01. The molecule has 0 saturated heterocycles. The topological polar surface area (TPSA) is 98.9 Å². The largest absolute Gasteiger partial charge is 0.355 e. The second-order valence-electron chi connectivity index (χ2n) is 8.21. The van der Waals surface area contributed by atoms with Gasteiger partial charge in [0.2, 0.25) is 5.91 Å². The number of nitrogens with one attached hydrogen (secondary N) is 1. The van der Waals surface area contributed by atoms with Gasteiger partial charge in [0, 0.05) is 26.1 Å². The van der Waals surface area contributed by atoms with Gasteiger partial charge in [-0.3, -0.25) is 18.7 Å². The average molecular weight is 422 g/mol. The van der Waals surface area contributed by atoms with Crippen molar-refractivity contribution in [2.24, 2.45) is 14.1 Å². The third kappa shape index (κ3) is 5.46. The van der Waals surface area contributed by atoms with E-state index in [-0.39, 0.29) is 22.5 Å². The Morgan fingerprint density at radius 1 is 1.07 bits per heavy atom. The Kier molecular flexibility index (Phi) is 7.62. The highest BCUT2D eigenvalue weighted by Crippen LogP contribution is 2.26. The van der Waals surface area contributed by atoms with E-state index >= 15 is 0 Å². The zero-order chi connectivity index (χ0) is 21.8. The van der Waals surface area contributed by atoms with Crippen LogP contribution in [0.3, 0.4) is 0 Å². The van der Waals surface area contributed by atoms with E-state index in [1.54, 1.807) is 7.05 Å². The zero-order valence-corrected chi connectivity index (χ0v) is 19.0. The van der Waals surface area contributed by atoms with Crippen LogP contribution in [0, 0.1) is 0 Å². The first-order valence-corrected chi connectivity index (χ1v) is 10.9. The van der Waals surface area contributed by atoms with Gasteiger partial charge >= 0.3 is 5.69 Å². The molecule has 1 amide bonds. The molecule has 0 saturated carbocycles. The molecule has 2 heterocycles. The summed E-state index contributed by atoms with van der Waals surface area (Å²) in [6.45, 7) is 8.68. The van der Waals surface area contributed by atoms with Gasteiger partial charge in [0.05, 0.1) is 5.75 Å². The van der Waals surface area contributed by atoms with Crippen molar-refractivity contribution in [3.63, 3.8) is 0 Å². The first kappa shape index (κ1) is 23.1. The number of thioether (sulfide) groups is 1. The highest BCUT2D eigenvalue weighted by atomic mass is 32.2. The predicted octanol–water partition coefficient (Wildman–Crippen LogP) is 2.11. The molecular weight excluding hydrogens is 390 g/mol. The maximum atomic E-state index is 12.8. The Morgan fingerprint density at radius 3 is 2.38 bits per heavy atom. The van der Waals surface area contributed by atoms with E-state index in [4.69, 9.17) is 0 Å². The van der Waals surface area contributed by atoms with Crippen LogP contribution in [0.1, 0.15) is 59.2 Å². The second kappa shape index (κ2) is 9.56. The molecule has 0 unspecified atom stereocenters. The van der Waals surface area contributed by atoms with Crippen molar-refractivity contribution in [3.05, 3.63) is 26.7 Å². The Labute approximate surface area is 175 Å². The molecule has 0 bridgehead atoms. The van der Waals surface area contributed by atoms with Crippen LogP contribution in [0.5, 0.6) is 0 Å². The minimum absolute atomic E-state index is 0.0998. The first-order chi connectivity index (χ1) is 13.6. The summed E-state index contributed by atoms with van der Waals surface area (Å²) in [6.07, 6.45) is 4.37. The summed E-state index contributed by atoms with van der Waals surface area (Å²) >= 11 is 1.20. The standard InChI is InChI=1S/C20H31N5O3S/c1-7-8-9-10-11-21-13(26)12-29-16-14-15(22-18(23-16)20(2,3)4)24(5)19(28)25(6)17(14)27/h7-12H2,1-6H3,(H,21,26). The molecule has 0 fully saturated rings. The zero-order valence-electron chi connectivity index (χ0n) is 18.2. The molecule has 160 valence electrons. The normalized spacial score (nSPS) is 11.8. The van der Waals surface area contributed by atoms with E-state index in [1.807, 2.05) is 20.8 Å². The molecule has 0 aliphatic carbocycles. The van der Waals surface area contributed by atoms with Gasteiger partial charge in [-0.05, 0) is 6.42 Å². The van der Waals surface area contributed by atoms with Crippen LogP contribution in [0.15, 0.2) is 14.6 Å². The molecule has 0 aliphatic heterocycles. The van der Waals surface area contributed by atoms with Crippen molar-refractivity contribution in [3.8, 4) is 0 Å². The third-order valence-electron chi connectivity index (χ3n) is 4.63. The van der Waals surface area contributed by atoms with Gasteiger partial charge in [-0.2, -0.15) is 0 Å². The first-order valence-electron chi connectivity index (χ1n) is 9.95. The molecule has 2 aromatic heterocycles. The fourth-order valence-electron chi connectivity index (χ4n) is 2.83. The maximum Gasteiger partial charge on any atom is 0.332 e. The molecule has 8 nitrogen and oxygen atoms in total. The highest BCUT2D eigenvalue weighted by molar-refractivity contribution is 8.00. The van der Waals surface area contributed by atoms with Crippen molar-refractivity contribution in [1.29, 1.82) is 0 Å². The lowest BCUT2D eigenvalue weighted by molar-refractivity contribution is -0.118. The summed E-state index contributed by atoms with van der Waals surface area (Å²) in [5, 5.41) is 3.60. The molecule has 2 rings (SSSR count). The lowest BCUT2D eigenvalue weighted by atomic mass is 9.96. The van der Waals surface area contributed by atoms with E-state index in [1.165, 1.54) is 23.4 Å². The Balaban J connectivity index is 2.35. The van der Waals surface area contributed by atoms with Crippen LogP contribution < -0.4 is 16.6 Å². The molecule has 0 spiro atoms. The van der Waals surface area contributed by atoms with Crippen molar-refractivity contribution >= 4 is 28.7 Å². The molecule has 0 aliphatic rings. The summed E-state index contributed by atoms with van der Waals surface area (Å²) in [5.74, 6) is 0.572. The Hall–Kier alpha value is -2.16. The van der Waals surface area contributed by atoms with Crippen molar-refractivity contribution in [1.82, 2.24) is 24.4 Å². The number of aromatic nitrogens is 4. The molecule has 9 heteroatoms. The van der Waals surface area contributed by atoms with Crippen LogP contribution >= 0.6 is 11.8 Å².